The standard InChI is InChI=1S/C15H22N2O/c1-11-7-12(2)10-17(9-11)15(18)8-13-3-5-14(16)6-4-13/h3-6,11-12H,7-10,16H2,1-2H3/t11-,12-/m1/s1. The van der Waals surface area contributed by atoms with Crippen LogP contribution in [0.4, 0.5) is 5.69 Å². The molecule has 3 heteroatoms. The second kappa shape index (κ2) is 5.42. The van der Waals surface area contributed by atoms with Gasteiger partial charge in [0, 0.05) is 18.8 Å². The molecule has 0 radical (unpaired) electrons. The number of carbonyl (C=O) groups is 1. The van der Waals surface area contributed by atoms with Crippen molar-refractivity contribution in [3.8, 4) is 0 Å². The average Bonchev–Trinajstić information content (AvgIpc) is 2.31. The fraction of sp³-hybridized carbons (Fsp3) is 0.533. The number of anilines is 1. The van der Waals surface area contributed by atoms with Gasteiger partial charge in [-0.05, 0) is 36.0 Å². The molecule has 18 heavy (non-hydrogen) atoms. The molecule has 0 aromatic heterocycles. The summed E-state index contributed by atoms with van der Waals surface area (Å²) in [6.45, 7) is 6.24. The Morgan fingerprint density at radius 1 is 1.22 bits per heavy atom. The molecule has 1 aromatic rings. The number of nitrogens with two attached hydrogens (primary N) is 1. The highest BCUT2D eigenvalue weighted by molar-refractivity contribution is 5.79. The molecule has 1 aliphatic rings. The molecule has 1 aliphatic heterocycles. The third-order valence-corrected chi connectivity index (χ3v) is 3.56. The van der Waals surface area contributed by atoms with Gasteiger partial charge in [-0.2, -0.15) is 0 Å². The van der Waals surface area contributed by atoms with Crippen molar-refractivity contribution in [3.63, 3.8) is 0 Å². The third-order valence-electron chi connectivity index (χ3n) is 3.56. The summed E-state index contributed by atoms with van der Waals surface area (Å²) >= 11 is 0. The van der Waals surface area contributed by atoms with Crippen LogP contribution < -0.4 is 5.73 Å². The van der Waals surface area contributed by atoms with Crippen LogP contribution in [0.25, 0.3) is 0 Å². The van der Waals surface area contributed by atoms with E-state index in [1.807, 2.05) is 29.2 Å². The molecule has 1 aromatic carbocycles. The fourth-order valence-corrected chi connectivity index (χ4v) is 2.79. The van der Waals surface area contributed by atoms with Crippen molar-refractivity contribution in [1.82, 2.24) is 4.90 Å². The Morgan fingerprint density at radius 3 is 2.33 bits per heavy atom. The van der Waals surface area contributed by atoms with E-state index in [1.165, 1.54) is 6.42 Å². The van der Waals surface area contributed by atoms with Crippen LogP contribution in [-0.2, 0) is 11.2 Å². The number of piperidine rings is 1. The van der Waals surface area contributed by atoms with Gasteiger partial charge in [0.1, 0.15) is 0 Å². The lowest BCUT2D eigenvalue weighted by atomic mass is 9.91. The first kappa shape index (κ1) is 12.9. The zero-order valence-electron chi connectivity index (χ0n) is 11.2. The molecule has 0 bridgehead atoms. The lowest BCUT2D eigenvalue weighted by Gasteiger charge is -2.35. The third kappa shape index (κ3) is 3.25. The number of benzene rings is 1. The summed E-state index contributed by atoms with van der Waals surface area (Å²) in [5, 5.41) is 0. The molecule has 1 fully saturated rings. The van der Waals surface area contributed by atoms with Crippen molar-refractivity contribution in [3.05, 3.63) is 29.8 Å². The van der Waals surface area contributed by atoms with Crippen molar-refractivity contribution in [2.24, 2.45) is 11.8 Å². The highest BCUT2D eigenvalue weighted by atomic mass is 16.2. The second-order valence-electron chi connectivity index (χ2n) is 5.66. The maximum atomic E-state index is 12.2. The molecule has 98 valence electrons. The molecular weight excluding hydrogens is 224 g/mol. The van der Waals surface area contributed by atoms with Gasteiger partial charge < -0.3 is 10.6 Å². The maximum absolute atomic E-state index is 12.2. The topological polar surface area (TPSA) is 46.3 Å². The number of carbonyl (C=O) groups excluding carboxylic acids is 1. The summed E-state index contributed by atoms with van der Waals surface area (Å²) in [6.07, 6.45) is 1.71. The molecule has 2 atom stereocenters. The molecule has 0 unspecified atom stereocenters. The van der Waals surface area contributed by atoms with Crippen LogP contribution in [0.5, 0.6) is 0 Å². The van der Waals surface area contributed by atoms with Crippen molar-refractivity contribution in [2.45, 2.75) is 26.7 Å². The van der Waals surface area contributed by atoms with Gasteiger partial charge in [0.2, 0.25) is 5.91 Å². The van der Waals surface area contributed by atoms with Crippen LogP contribution in [0.1, 0.15) is 25.8 Å². The van der Waals surface area contributed by atoms with Crippen LogP contribution in [0.15, 0.2) is 24.3 Å². The number of amides is 1. The van der Waals surface area contributed by atoms with E-state index < -0.39 is 0 Å². The minimum absolute atomic E-state index is 0.234. The number of rotatable bonds is 2. The first-order chi connectivity index (χ1) is 8.54. The van der Waals surface area contributed by atoms with Crippen LogP contribution in [0.3, 0.4) is 0 Å². The maximum Gasteiger partial charge on any atom is 0.227 e. The van der Waals surface area contributed by atoms with E-state index in [1.54, 1.807) is 0 Å². The Morgan fingerprint density at radius 2 is 1.78 bits per heavy atom. The summed E-state index contributed by atoms with van der Waals surface area (Å²) < 4.78 is 0. The molecule has 0 aliphatic carbocycles. The minimum atomic E-state index is 0.234. The van der Waals surface area contributed by atoms with Crippen LogP contribution >= 0.6 is 0 Å². The quantitative estimate of drug-likeness (QED) is 0.814. The average molecular weight is 246 g/mol. The Bertz CT molecular complexity index is 403. The van der Waals surface area contributed by atoms with Gasteiger partial charge in [-0.25, -0.2) is 0 Å². The number of likely N-dealkylation sites (tertiary alicyclic amines) is 1. The molecule has 2 N–H and O–H groups in total. The molecular formula is C15H22N2O. The SMILES string of the molecule is C[C@@H]1C[C@@H](C)CN(C(=O)Cc2ccc(N)cc2)C1. The summed E-state index contributed by atoms with van der Waals surface area (Å²) in [4.78, 5) is 14.2. The van der Waals surface area contributed by atoms with Gasteiger partial charge >= 0.3 is 0 Å². The number of hydrogen-bond donors (Lipinski definition) is 1. The van der Waals surface area contributed by atoms with E-state index >= 15 is 0 Å². The zero-order chi connectivity index (χ0) is 13.1. The smallest absolute Gasteiger partial charge is 0.227 e. The molecule has 2 rings (SSSR count). The number of nitrogen functional groups attached to an aromatic ring is 1. The predicted octanol–water partition coefficient (Wildman–Crippen LogP) is 2.32. The van der Waals surface area contributed by atoms with Gasteiger partial charge in [0.05, 0.1) is 6.42 Å². The van der Waals surface area contributed by atoms with Crippen molar-refractivity contribution >= 4 is 11.6 Å². The first-order valence-corrected chi connectivity index (χ1v) is 6.67. The monoisotopic (exact) mass is 246 g/mol. The normalized spacial score (nSPS) is 24.0. The van der Waals surface area contributed by atoms with Gasteiger partial charge in [-0.1, -0.05) is 26.0 Å². The van der Waals surface area contributed by atoms with Gasteiger partial charge in [-0.15, -0.1) is 0 Å². The summed E-state index contributed by atoms with van der Waals surface area (Å²) in [6, 6.07) is 7.57. The predicted molar refractivity (Wildman–Crippen MR) is 74.1 cm³/mol. The van der Waals surface area contributed by atoms with E-state index in [2.05, 4.69) is 13.8 Å². The first-order valence-electron chi connectivity index (χ1n) is 6.67. The van der Waals surface area contributed by atoms with Gasteiger partial charge in [0.25, 0.3) is 0 Å². The Balaban J connectivity index is 1.97. The molecule has 3 nitrogen and oxygen atoms in total. The van der Waals surface area contributed by atoms with Crippen LogP contribution in [0, 0.1) is 11.8 Å². The molecule has 0 spiro atoms. The molecule has 1 heterocycles. The number of nitrogens with zero attached hydrogens (tertiary/aromatic N) is 1. The highest BCUT2D eigenvalue weighted by Gasteiger charge is 2.25. The van der Waals surface area contributed by atoms with E-state index in [0.29, 0.717) is 18.3 Å². The fourth-order valence-electron chi connectivity index (χ4n) is 2.79. The lowest BCUT2D eigenvalue weighted by Crippen LogP contribution is -2.43. The molecule has 0 saturated carbocycles. The lowest BCUT2D eigenvalue weighted by molar-refractivity contribution is -0.133. The zero-order valence-corrected chi connectivity index (χ0v) is 11.2. The van der Waals surface area contributed by atoms with Crippen molar-refractivity contribution in [2.75, 3.05) is 18.8 Å². The van der Waals surface area contributed by atoms with Crippen LogP contribution in [0.2, 0.25) is 0 Å². The van der Waals surface area contributed by atoms with E-state index in [9.17, 15) is 4.79 Å². The summed E-state index contributed by atoms with van der Waals surface area (Å²) in [7, 11) is 0. The van der Waals surface area contributed by atoms with Gasteiger partial charge in [-0.3, -0.25) is 4.79 Å². The van der Waals surface area contributed by atoms with E-state index in [-0.39, 0.29) is 5.91 Å². The number of hydrogen-bond acceptors (Lipinski definition) is 2. The van der Waals surface area contributed by atoms with Crippen LogP contribution in [-0.4, -0.2) is 23.9 Å². The Labute approximate surface area is 109 Å². The van der Waals surface area contributed by atoms with E-state index in [4.69, 9.17) is 5.73 Å². The van der Waals surface area contributed by atoms with Gasteiger partial charge in [0.15, 0.2) is 0 Å². The molecule has 1 saturated heterocycles. The van der Waals surface area contributed by atoms with E-state index in [0.717, 1.165) is 24.3 Å². The largest absolute Gasteiger partial charge is 0.399 e. The minimum Gasteiger partial charge on any atom is -0.399 e. The van der Waals surface area contributed by atoms with Crippen molar-refractivity contribution < 1.29 is 4.79 Å². The van der Waals surface area contributed by atoms with Crippen molar-refractivity contribution in [1.29, 1.82) is 0 Å². The molecule has 1 amide bonds. The summed E-state index contributed by atoms with van der Waals surface area (Å²) in [5.74, 6) is 1.46. The highest BCUT2D eigenvalue weighted by Crippen LogP contribution is 2.21. The summed E-state index contributed by atoms with van der Waals surface area (Å²) in [5.41, 5.74) is 7.43. The Kier molecular flexibility index (Phi) is 3.90. The Hall–Kier alpha value is -1.51. The second-order valence-corrected chi connectivity index (χ2v) is 5.66.